The first-order valence-corrected chi connectivity index (χ1v) is 23.8. The van der Waals surface area contributed by atoms with Crippen LogP contribution in [-0.2, 0) is 57.4 Å². The van der Waals surface area contributed by atoms with E-state index in [1.807, 2.05) is 19.1 Å². The highest BCUT2D eigenvalue weighted by Crippen LogP contribution is 2.44. The highest BCUT2D eigenvalue weighted by Gasteiger charge is 2.29. The Morgan fingerprint density at radius 1 is 0.706 bits per heavy atom. The van der Waals surface area contributed by atoms with Crippen molar-refractivity contribution in [1.29, 1.82) is 0 Å². The summed E-state index contributed by atoms with van der Waals surface area (Å²) in [5.41, 5.74) is 5.03. The normalized spacial score (nSPS) is 11.9. The van der Waals surface area contributed by atoms with Gasteiger partial charge in [-0.25, -0.2) is 4.79 Å². The van der Waals surface area contributed by atoms with Gasteiger partial charge in [0.15, 0.2) is 0 Å². The number of carbonyl (C=O) groups is 9. The highest BCUT2D eigenvalue weighted by molar-refractivity contribution is 9.09. The zero-order valence-electron chi connectivity index (χ0n) is 38.1. The van der Waals surface area contributed by atoms with Crippen molar-refractivity contribution >= 4 is 92.4 Å². The Bertz CT molecular complexity index is 1880. The number of aliphatic hydroxyl groups excluding tert-OH is 1. The number of alkyl halides is 3. The molecule has 0 aliphatic heterocycles. The van der Waals surface area contributed by atoms with E-state index in [9.17, 15) is 43.2 Å². The monoisotopic (exact) mass is 1060 g/mol. The molecule has 20 nitrogen and oxygen atoms in total. The van der Waals surface area contributed by atoms with Gasteiger partial charge in [0, 0.05) is 71.5 Å². The van der Waals surface area contributed by atoms with Crippen LogP contribution in [0.5, 0.6) is 0 Å². The van der Waals surface area contributed by atoms with E-state index in [1.54, 1.807) is 0 Å². The van der Waals surface area contributed by atoms with Crippen LogP contribution in [0.4, 0.5) is 0 Å². The third-order valence-corrected chi connectivity index (χ3v) is 10.7. The maximum Gasteiger partial charge on any atom is 0.326 e. The van der Waals surface area contributed by atoms with Crippen molar-refractivity contribution in [2.75, 3.05) is 83.4 Å². The first kappa shape index (κ1) is 60.8. The predicted octanol–water partition coefficient (Wildman–Crippen LogP) is 2.36. The Morgan fingerprint density at radius 3 is 1.75 bits per heavy atom. The van der Waals surface area contributed by atoms with Gasteiger partial charge in [-0.15, -0.1) is 23.2 Å². The number of aliphatic hydroxyl groups is 1. The van der Waals surface area contributed by atoms with Crippen molar-refractivity contribution in [3.63, 3.8) is 0 Å². The number of nitrogens with one attached hydrogen (secondary N) is 4. The fraction of sp³-hybridized carbons (Fsp3) is 0.533. The van der Waals surface area contributed by atoms with Gasteiger partial charge in [0.2, 0.25) is 29.5 Å². The molecule has 0 spiro atoms. The van der Waals surface area contributed by atoms with Crippen LogP contribution in [0.2, 0.25) is 0 Å². The molecule has 0 fully saturated rings. The number of ketones is 1. The quantitative estimate of drug-likeness (QED) is 0.0324. The third kappa shape index (κ3) is 24.2. The summed E-state index contributed by atoms with van der Waals surface area (Å²) in [5.74, 6) is -5.94. The van der Waals surface area contributed by atoms with Crippen molar-refractivity contribution < 1.29 is 72.7 Å². The molecule has 5 amide bonds. The predicted molar refractivity (Wildman–Crippen MR) is 254 cm³/mol. The number of aliphatic carboxylic acids is 2. The van der Waals surface area contributed by atoms with E-state index >= 15 is 0 Å². The number of Topliss-reactive ketones (excluding diaryl/α,β-unsaturated/α-hetero) is 1. The van der Waals surface area contributed by atoms with Crippen LogP contribution in [0.3, 0.4) is 0 Å². The Balaban J connectivity index is 0.000000896. The largest absolute Gasteiger partial charge is 0.481 e. The van der Waals surface area contributed by atoms with E-state index < -0.39 is 66.6 Å². The second-order valence-corrected chi connectivity index (χ2v) is 15.6. The van der Waals surface area contributed by atoms with E-state index in [1.165, 1.54) is 27.2 Å². The van der Waals surface area contributed by atoms with Gasteiger partial charge in [-0.1, -0.05) is 71.4 Å². The van der Waals surface area contributed by atoms with Crippen LogP contribution >= 0.6 is 39.1 Å². The molecule has 0 heterocycles. The maximum atomic E-state index is 13.3. The van der Waals surface area contributed by atoms with Crippen molar-refractivity contribution in [3.8, 4) is 11.1 Å². The number of carboxylic acids is 2. The van der Waals surface area contributed by atoms with Crippen molar-refractivity contribution in [2.24, 2.45) is 0 Å². The number of amides is 5. The molecule has 23 heteroatoms. The molecule has 2 aromatic rings. The molecule has 378 valence electrons. The molecule has 1 aliphatic carbocycles. The molecule has 0 saturated carbocycles. The van der Waals surface area contributed by atoms with E-state index in [0.717, 1.165) is 7.11 Å². The first-order chi connectivity index (χ1) is 32.6. The number of esters is 1. The lowest BCUT2D eigenvalue weighted by molar-refractivity contribution is -0.143. The molecule has 0 bridgehead atoms. The SMILES string of the molecule is CCC(=O)OCC1c2ccccc2-c2ccccc21.CO.O=C(O)CC[C@H](NC(=O)COCCOCCCC(=O)CC[C@H](NC(=O)CBr)C(=O)O)C(=O)N(CCNC(=O)CCl)CCNC(=O)CCl. The molecule has 3 rings (SSSR count). The van der Waals surface area contributed by atoms with Crippen LogP contribution in [0, 0.1) is 0 Å². The average Bonchev–Trinajstić information content (AvgIpc) is 3.66. The number of carbonyl (C=O) groups excluding carboxylic acids is 7. The van der Waals surface area contributed by atoms with E-state index in [0.29, 0.717) is 19.4 Å². The minimum Gasteiger partial charge on any atom is -0.481 e. The van der Waals surface area contributed by atoms with Crippen LogP contribution in [0.1, 0.15) is 68.9 Å². The summed E-state index contributed by atoms with van der Waals surface area (Å²) in [6.45, 7) is 2.05. The summed E-state index contributed by atoms with van der Waals surface area (Å²) in [4.78, 5) is 107. The number of hydrogen-bond donors (Lipinski definition) is 7. The highest BCUT2D eigenvalue weighted by atomic mass is 79.9. The Labute approximate surface area is 413 Å². The van der Waals surface area contributed by atoms with Crippen LogP contribution in [-0.4, -0.2) is 169 Å². The molecular weight excluding hydrogens is 1000 g/mol. The lowest BCUT2D eigenvalue weighted by Crippen LogP contribution is -2.52. The van der Waals surface area contributed by atoms with Gasteiger partial charge in [0.05, 0.1) is 18.5 Å². The van der Waals surface area contributed by atoms with Gasteiger partial charge < -0.3 is 55.7 Å². The molecule has 0 aromatic heterocycles. The molecule has 7 N–H and O–H groups in total. The molecular formula is C45H62BrCl2N5O15. The molecule has 1 aliphatic rings. The van der Waals surface area contributed by atoms with Crippen molar-refractivity contribution in [3.05, 3.63) is 59.7 Å². The summed E-state index contributed by atoms with van der Waals surface area (Å²) in [6, 6.07) is 14.3. The number of nitrogens with zero attached hydrogens (tertiary/aromatic N) is 1. The fourth-order valence-corrected chi connectivity index (χ4v) is 6.81. The van der Waals surface area contributed by atoms with Gasteiger partial charge in [0.1, 0.15) is 42.8 Å². The molecule has 0 unspecified atom stereocenters. The zero-order chi connectivity index (χ0) is 50.9. The van der Waals surface area contributed by atoms with Gasteiger partial charge >= 0.3 is 17.9 Å². The minimum atomic E-state index is -1.24. The summed E-state index contributed by atoms with van der Waals surface area (Å²) < 4.78 is 16.0. The summed E-state index contributed by atoms with van der Waals surface area (Å²) >= 11 is 13.9. The zero-order valence-corrected chi connectivity index (χ0v) is 41.2. The van der Waals surface area contributed by atoms with Gasteiger partial charge in [-0.05, 0) is 41.5 Å². The summed E-state index contributed by atoms with van der Waals surface area (Å²) in [5, 5.41) is 35.0. The van der Waals surface area contributed by atoms with Crippen LogP contribution < -0.4 is 21.3 Å². The van der Waals surface area contributed by atoms with Crippen LogP contribution in [0.25, 0.3) is 11.1 Å². The standard InChI is InChI=1S/C27H42BrCl2N5O12.C17H16O2.CH4O/c28-14-21(37)34-20(27(44)45)4-3-18(36)2-1-11-46-12-13-47-17-24(40)33-19(5-6-25(41)42)26(43)35(9-7-31-22(38)15-29)10-8-32-23(39)16-30;1-2-17(18)19-11-16-14-9-5-3-7-12(14)13-8-4-6-10-15(13)16;1-2/h19-20H,1-17H2,(H,31,38)(H,32,39)(H,33,40)(H,34,37)(H,41,42)(H,44,45);3-10,16H,2,11H2,1H3;2H,1H3/t19-,20-;;/m0../s1. The molecule has 0 radical (unpaired) electrons. The van der Waals surface area contributed by atoms with E-state index in [-0.39, 0.29) is 106 Å². The Hall–Kier alpha value is -5.19. The van der Waals surface area contributed by atoms with Gasteiger partial charge in [-0.3, -0.25) is 38.4 Å². The summed E-state index contributed by atoms with van der Waals surface area (Å²) in [6.07, 6.45) is 0.202. The number of halogens is 3. The van der Waals surface area contributed by atoms with Gasteiger partial charge in [-0.2, -0.15) is 0 Å². The number of carboxylic acid groups (broad SMARTS) is 2. The minimum absolute atomic E-state index is 0.00463. The molecule has 2 aromatic carbocycles. The smallest absolute Gasteiger partial charge is 0.326 e. The van der Waals surface area contributed by atoms with Crippen LogP contribution in [0.15, 0.2) is 48.5 Å². The van der Waals surface area contributed by atoms with E-state index in [4.69, 9.17) is 52.7 Å². The lowest BCUT2D eigenvalue weighted by atomic mass is 9.98. The number of benzene rings is 2. The fourth-order valence-electron chi connectivity index (χ4n) is 6.46. The van der Waals surface area contributed by atoms with Crippen molar-refractivity contribution in [2.45, 2.75) is 69.9 Å². The van der Waals surface area contributed by atoms with Crippen molar-refractivity contribution in [1.82, 2.24) is 26.2 Å². The van der Waals surface area contributed by atoms with E-state index in [2.05, 4.69) is 73.6 Å². The molecule has 68 heavy (non-hydrogen) atoms. The second kappa shape index (κ2) is 35.9. The number of rotatable bonds is 31. The average molecular weight is 1060 g/mol. The number of hydrogen-bond acceptors (Lipinski definition) is 13. The summed E-state index contributed by atoms with van der Waals surface area (Å²) in [7, 11) is 1.00. The topological polar surface area (TPSA) is 293 Å². The van der Waals surface area contributed by atoms with Gasteiger partial charge in [0.25, 0.3) is 0 Å². The Morgan fingerprint density at radius 2 is 1.24 bits per heavy atom. The third-order valence-electron chi connectivity index (χ3n) is 9.72. The Kier molecular flexibility index (Phi) is 32.1. The number of ether oxygens (including phenoxy) is 3. The second-order valence-electron chi connectivity index (χ2n) is 14.5. The maximum absolute atomic E-state index is 13.3. The first-order valence-electron chi connectivity index (χ1n) is 21.6. The molecule has 0 saturated heterocycles. The number of fused-ring (bicyclic) bond motifs is 3. The lowest BCUT2D eigenvalue weighted by Gasteiger charge is -2.28. The molecule has 2 atom stereocenters.